The van der Waals surface area contributed by atoms with Crippen molar-refractivity contribution in [1.82, 2.24) is 0 Å². The fraction of sp³-hybridized carbons (Fsp3) is 0.500. The highest BCUT2D eigenvalue weighted by Crippen LogP contribution is 2.11. The van der Waals surface area contributed by atoms with Gasteiger partial charge < -0.3 is 5.02 Å². The number of rotatable bonds is 3. The van der Waals surface area contributed by atoms with Crippen molar-refractivity contribution in [3.05, 3.63) is 23.5 Å². The molecule has 0 rings (SSSR count). The molecule has 0 saturated heterocycles. The van der Waals surface area contributed by atoms with Crippen LogP contribution in [0, 0.1) is 0 Å². The Morgan fingerprint density at radius 1 is 1.64 bits per heavy atom. The quantitative estimate of drug-likeness (QED) is 0.491. The predicted molar refractivity (Wildman–Crippen MR) is 47.1 cm³/mol. The zero-order valence-electron chi connectivity index (χ0n) is 7.26. The molecular formula is C8H14BFO. The van der Waals surface area contributed by atoms with E-state index in [0.29, 0.717) is 11.8 Å². The van der Waals surface area contributed by atoms with E-state index in [1.165, 1.54) is 6.08 Å². The first-order valence-corrected chi connectivity index (χ1v) is 3.80. The van der Waals surface area contributed by atoms with Crippen molar-refractivity contribution in [2.24, 2.45) is 0 Å². The lowest BCUT2D eigenvalue weighted by Gasteiger charge is -2.02. The van der Waals surface area contributed by atoms with Crippen LogP contribution in [-0.4, -0.2) is 11.9 Å². The molecule has 0 aromatic heterocycles. The highest BCUT2D eigenvalue weighted by molar-refractivity contribution is 6.58. The molecule has 0 radical (unpaired) electrons. The van der Waals surface area contributed by atoms with Crippen molar-refractivity contribution in [1.29, 1.82) is 0 Å². The Morgan fingerprint density at radius 2 is 2.18 bits per heavy atom. The average molecular weight is 156 g/mol. The van der Waals surface area contributed by atoms with Crippen LogP contribution in [0.25, 0.3) is 0 Å². The summed E-state index contributed by atoms with van der Waals surface area (Å²) in [7, 11) is 0. The molecule has 0 fully saturated rings. The Kier molecular flexibility index (Phi) is 4.87. The van der Waals surface area contributed by atoms with Gasteiger partial charge in [0.2, 0.25) is 0 Å². The summed E-state index contributed by atoms with van der Waals surface area (Å²) >= 11 is 0. The Hall–Kier alpha value is -0.565. The van der Waals surface area contributed by atoms with Gasteiger partial charge in [-0.25, -0.2) is 4.39 Å². The summed E-state index contributed by atoms with van der Waals surface area (Å²) in [6.07, 6.45) is 3.52. The molecule has 0 aliphatic carbocycles. The van der Waals surface area contributed by atoms with E-state index in [-0.39, 0.29) is 5.83 Å². The van der Waals surface area contributed by atoms with E-state index in [1.54, 1.807) is 19.9 Å². The molecular weight excluding hydrogens is 142 g/mol. The summed E-state index contributed by atoms with van der Waals surface area (Å²) < 4.78 is 12.9. The second-order valence-corrected chi connectivity index (χ2v) is 2.45. The van der Waals surface area contributed by atoms with Crippen LogP contribution in [0.1, 0.15) is 20.8 Å². The molecule has 0 aliphatic rings. The summed E-state index contributed by atoms with van der Waals surface area (Å²) in [4.78, 5) is 0. The zero-order valence-corrected chi connectivity index (χ0v) is 7.26. The van der Waals surface area contributed by atoms with Gasteiger partial charge >= 0.3 is 6.92 Å². The molecule has 1 nitrogen and oxygen atoms in total. The Morgan fingerprint density at radius 3 is 2.55 bits per heavy atom. The monoisotopic (exact) mass is 156 g/mol. The van der Waals surface area contributed by atoms with E-state index < -0.39 is 6.92 Å². The van der Waals surface area contributed by atoms with Gasteiger partial charge in [0, 0.05) is 0 Å². The molecule has 0 aromatic carbocycles. The molecule has 62 valence electrons. The summed E-state index contributed by atoms with van der Waals surface area (Å²) in [5, 5.41) is 9.19. The number of halogens is 1. The molecule has 1 N–H and O–H groups in total. The minimum Gasteiger partial charge on any atom is -0.446 e. The molecule has 0 unspecified atom stereocenters. The third-order valence-corrected chi connectivity index (χ3v) is 1.58. The first-order valence-electron chi connectivity index (χ1n) is 3.80. The van der Waals surface area contributed by atoms with Gasteiger partial charge in [-0.15, -0.1) is 0 Å². The van der Waals surface area contributed by atoms with Crippen LogP contribution in [0.5, 0.6) is 0 Å². The van der Waals surface area contributed by atoms with Crippen LogP contribution in [0.2, 0.25) is 6.32 Å². The van der Waals surface area contributed by atoms with Gasteiger partial charge in [-0.05, 0) is 31.7 Å². The maximum atomic E-state index is 12.9. The van der Waals surface area contributed by atoms with E-state index in [4.69, 9.17) is 0 Å². The fourth-order valence-corrected chi connectivity index (χ4v) is 0.743. The van der Waals surface area contributed by atoms with Crippen LogP contribution >= 0.6 is 0 Å². The SMILES string of the molecule is CC=CC(F)=C(C)B(O)CC. The van der Waals surface area contributed by atoms with Crippen molar-refractivity contribution >= 4 is 6.92 Å². The van der Waals surface area contributed by atoms with Crippen molar-refractivity contribution in [2.75, 3.05) is 0 Å². The highest BCUT2D eigenvalue weighted by atomic mass is 19.1. The molecule has 0 bridgehead atoms. The van der Waals surface area contributed by atoms with E-state index in [0.717, 1.165) is 0 Å². The molecule has 0 amide bonds. The molecule has 11 heavy (non-hydrogen) atoms. The van der Waals surface area contributed by atoms with E-state index in [1.807, 2.05) is 6.92 Å². The molecule has 0 aromatic rings. The number of hydrogen-bond acceptors (Lipinski definition) is 1. The second-order valence-electron chi connectivity index (χ2n) is 2.45. The topological polar surface area (TPSA) is 20.2 Å². The third kappa shape index (κ3) is 3.37. The summed E-state index contributed by atoms with van der Waals surface area (Å²) in [6, 6.07) is 0. The first kappa shape index (κ1) is 10.4. The first-order chi connectivity index (χ1) is 5.13. The Bertz CT molecular complexity index is 175. The van der Waals surface area contributed by atoms with Gasteiger partial charge in [0.15, 0.2) is 0 Å². The molecule has 0 saturated carbocycles. The summed E-state index contributed by atoms with van der Waals surface area (Å²) in [5.41, 5.74) is 0.408. The summed E-state index contributed by atoms with van der Waals surface area (Å²) in [6.45, 7) is 4.51. The van der Waals surface area contributed by atoms with Gasteiger partial charge in [-0.1, -0.05) is 13.0 Å². The molecule has 0 atom stereocenters. The summed E-state index contributed by atoms with van der Waals surface area (Å²) in [5.74, 6) is -0.332. The highest BCUT2D eigenvalue weighted by Gasteiger charge is 2.12. The van der Waals surface area contributed by atoms with E-state index >= 15 is 0 Å². The van der Waals surface area contributed by atoms with Crippen LogP contribution in [0.3, 0.4) is 0 Å². The zero-order chi connectivity index (χ0) is 8.85. The van der Waals surface area contributed by atoms with Crippen LogP contribution in [0.4, 0.5) is 4.39 Å². The standard InChI is InChI=1S/C8H14BFO/c1-4-6-8(10)7(3)9(11)5-2/h4,6,11H,5H2,1-3H3. The van der Waals surface area contributed by atoms with Crippen molar-refractivity contribution < 1.29 is 9.41 Å². The Labute approximate surface area is 67.7 Å². The van der Waals surface area contributed by atoms with Gasteiger partial charge in [-0.3, -0.25) is 0 Å². The van der Waals surface area contributed by atoms with Gasteiger partial charge in [0.1, 0.15) is 5.83 Å². The molecule has 0 aliphatic heterocycles. The molecule has 3 heteroatoms. The molecule has 0 heterocycles. The predicted octanol–water partition coefficient (Wildman–Crippen LogP) is 2.35. The third-order valence-electron chi connectivity index (χ3n) is 1.58. The molecule has 0 spiro atoms. The van der Waals surface area contributed by atoms with Crippen molar-refractivity contribution in [3.63, 3.8) is 0 Å². The van der Waals surface area contributed by atoms with Crippen molar-refractivity contribution in [2.45, 2.75) is 27.1 Å². The lowest BCUT2D eigenvalue weighted by molar-refractivity contribution is 0.573. The second kappa shape index (κ2) is 5.13. The average Bonchev–Trinajstić information content (AvgIpc) is 2.02. The van der Waals surface area contributed by atoms with Crippen molar-refractivity contribution in [3.8, 4) is 0 Å². The van der Waals surface area contributed by atoms with E-state index in [9.17, 15) is 9.41 Å². The van der Waals surface area contributed by atoms with Gasteiger partial charge in [0.25, 0.3) is 0 Å². The maximum absolute atomic E-state index is 12.9. The van der Waals surface area contributed by atoms with Gasteiger partial charge in [0.05, 0.1) is 0 Å². The lowest BCUT2D eigenvalue weighted by Crippen LogP contribution is -2.13. The lowest BCUT2D eigenvalue weighted by atomic mass is 9.59. The fourth-order valence-electron chi connectivity index (χ4n) is 0.743. The van der Waals surface area contributed by atoms with Crippen LogP contribution in [-0.2, 0) is 0 Å². The maximum Gasteiger partial charge on any atom is 0.321 e. The van der Waals surface area contributed by atoms with Crippen LogP contribution < -0.4 is 0 Å². The smallest absolute Gasteiger partial charge is 0.321 e. The number of hydrogen-bond donors (Lipinski definition) is 1. The van der Waals surface area contributed by atoms with Gasteiger partial charge in [-0.2, -0.15) is 0 Å². The Balaban J connectivity index is 4.38. The van der Waals surface area contributed by atoms with Crippen LogP contribution in [0.15, 0.2) is 23.5 Å². The minimum atomic E-state index is -0.647. The van der Waals surface area contributed by atoms with E-state index in [2.05, 4.69) is 0 Å². The minimum absolute atomic E-state index is 0.332. The normalized spacial score (nSPS) is 13.5. The largest absolute Gasteiger partial charge is 0.446 e. The number of allylic oxidation sites excluding steroid dienone is 4.